The Morgan fingerprint density at radius 3 is 2.81 bits per heavy atom. The van der Waals surface area contributed by atoms with Crippen LogP contribution in [0.1, 0.15) is 56.2 Å². The van der Waals surface area contributed by atoms with Gasteiger partial charge in [-0.1, -0.05) is 43.5 Å². The Hall–Kier alpha value is -1.35. The zero-order chi connectivity index (χ0) is 14.7. The molecule has 21 heavy (non-hydrogen) atoms. The lowest BCUT2D eigenvalue weighted by Crippen LogP contribution is -2.44. The second-order valence-electron chi connectivity index (χ2n) is 6.60. The van der Waals surface area contributed by atoms with Crippen molar-refractivity contribution in [2.24, 2.45) is 5.92 Å². The minimum atomic E-state index is 0.245. The number of carbonyl (C=O) groups excluding carboxylic acids is 1. The molecule has 1 amide bonds. The molecule has 1 aliphatic heterocycles. The lowest BCUT2D eigenvalue weighted by Gasteiger charge is -2.32. The minimum absolute atomic E-state index is 0.245. The van der Waals surface area contributed by atoms with Crippen molar-refractivity contribution in [3.8, 4) is 0 Å². The third-order valence-corrected chi connectivity index (χ3v) is 4.90. The molecular formula is C18H26N2O. The van der Waals surface area contributed by atoms with Gasteiger partial charge in [0.2, 0.25) is 5.91 Å². The van der Waals surface area contributed by atoms with Gasteiger partial charge in [-0.25, -0.2) is 0 Å². The van der Waals surface area contributed by atoms with E-state index in [9.17, 15) is 4.79 Å². The van der Waals surface area contributed by atoms with E-state index in [2.05, 4.69) is 41.8 Å². The van der Waals surface area contributed by atoms with E-state index in [0.717, 1.165) is 19.3 Å². The molecule has 2 unspecified atom stereocenters. The van der Waals surface area contributed by atoms with Crippen LogP contribution in [0.25, 0.3) is 0 Å². The first-order valence-corrected chi connectivity index (χ1v) is 8.35. The minimum Gasteiger partial charge on any atom is -0.354 e. The molecule has 3 rings (SSSR count). The Bertz CT molecular complexity index is 494. The Labute approximate surface area is 127 Å². The number of fused-ring (bicyclic) bond motifs is 1. The van der Waals surface area contributed by atoms with Crippen molar-refractivity contribution in [3.05, 3.63) is 35.4 Å². The van der Waals surface area contributed by atoms with Gasteiger partial charge in [-0.15, -0.1) is 0 Å². The van der Waals surface area contributed by atoms with E-state index in [1.54, 1.807) is 0 Å². The number of hydrogen-bond acceptors (Lipinski definition) is 2. The Morgan fingerprint density at radius 1 is 1.24 bits per heavy atom. The smallest absolute Gasteiger partial charge is 0.223 e. The van der Waals surface area contributed by atoms with Gasteiger partial charge in [0.25, 0.3) is 0 Å². The van der Waals surface area contributed by atoms with Crippen molar-refractivity contribution in [1.82, 2.24) is 10.6 Å². The van der Waals surface area contributed by atoms with E-state index < -0.39 is 0 Å². The second-order valence-corrected chi connectivity index (χ2v) is 6.60. The van der Waals surface area contributed by atoms with Crippen LogP contribution in [0.15, 0.2) is 24.3 Å². The molecule has 2 atom stereocenters. The summed E-state index contributed by atoms with van der Waals surface area (Å²) in [5.74, 6) is 0.502. The van der Waals surface area contributed by atoms with Crippen molar-refractivity contribution in [1.29, 1.82) is 0 Å². The third-order valence-electron chi connectivity index (χ3n) is 4.90. The first-order valence-electron chi connectivity index (χ1n) is 8.35. The molecule has 2 N–H and O–H groups in total. The van der Waals surface area contributed by atoms with E-state index in [4.69, 9.17) is 0 Å². The first-order chi connectivity index (χ1) is 10.2. The average Bonchev–Trinajstić information content (AvgIpc) is 2.53. The highest BCUT2D eigenvalue weighted by atomic mass is 16.1. The molecule has 1 saturated carbocycles. The van der Waals surface area contributed by atoms with Gasteiger partial charge in [0.05, 0.1) is 6.04 Å². The van der Waals surface area contributed by atoms with Gasteiger partial charge in [0.15, 0.2) is 0 Å². The summed E-state index contributed by atoms with van der Waals surface area (Å²) in [4.78, 5) is 12.3. The number of carbonyl (C=O) groups is 1. The maximum Gasteiger partial charge on any atom is 0.223 e. The summed E-state index contributed by atoms with van der Waals surface area (Å²) in [6.07, 6.45) is 6.91. The number of nitrogens with one attached hydrogen (secondary N) is 2. The quantitative estimate of drug-likeness (QED) is 0.897. The molecule has 1 aromatic rings. The molecule has 0 radical (unpaired) electrons. The highest BCUT2D eigenvalue weighted by molar-refractivity contribution is 5.78. The van der Waals surface area contributed by atoms with E-state index in [1.165, 1.54) is 30.4 Å². The van der Waals surface area contributed by atoms with Gasteiger partial charge in [-0.3, -0.25) is 4.79 Å². The summed E-state index contributed by atoms with van der Waals surface area (Å²) >= 11 is 0. The molecule has 114 valence electrons. The van der Waals surface area contributed by atoms with Crippen LogP contribution in [0.2, 0.25) is 0 Å². The zero-order valence-electron chi connectivity index (χ0n) is 12.9. The highest BCUT2D eigenvalue weighted by Crippen LogP contribution is 2.26. The van der Waals surface area contributed by atoms with Crippen molar-refractivity contribution in [2.75, 3.05) is 6.54 Å². The predicted molar refractivity (Wildman–Crippen MR) is 85.1 cm³/mol. The fraction of sp³-hybridized carbons (Fsp3) is 0.611. The Morgan fingerprint density at radius 2 is 2.00 bits per heavy atom. The Balaban J connectivity index is 1.61. The first kappa shape index (κ1) is 14.6. The van der Waals surface area contributed by atoms with Crippen LogP contribution in [-0.2, 0) is 11.2 Å². The summed E-state index contributed by atoms with van der Waals surface area (Å²) in [6, 6.07) is 9.31. The van der Waals surface area contributed by atoms with E-state index in [0.29, 0.717) is 12.6 Å². The van der Waals surface area contributed by atoms with Crippen molar-refractivity contribution in [3.63, 3.8) is 0 Å². The van der Waals surface area contributed by atoms with Gasteiger partial charge in [-0.05, 0) is 37.3 Å². The molecule has 2 aliphatic rings. The van der Waals surface area contributed by atoms with Crippen molar-refractivity contribution >= 4 is 5.91 Å². The second kappa shape index (κ2) is 6.61. The van der Waals surface area contributed by atoms with Crippen LogP contribution in [0, 0.1) is 5.92 Å². The van der Waals surface area contributed by atoms with Crippen LogP contribution in [0.3, 0.4) is 0 Å². The van der Waals surface area contributed by atoms with Crippen LogP contribution in [0.5, 0.6) is 0 Å². The SMILES string of the molecule is CC1Cc2ccccc2C(CNC(=O)C2CCCCC2)N1. The number of hydrogen-bond donors (Lipinski definition) is 2. The van der Waals surface area contributed by atoms with Gasteiger partial charge in [0, 0.05) is 18.5 Å². The van der Waals surface area contributed by atoms with Crippen molar-refractivity contribution in [2.45, 2.75) is 57.5 Å². The molecule has 0 saturated heterocycles. The lowest BCUT2D eigenvalue weighted by molar-refractivity contribution is -0.126. The van der Waals surface area contributed by atoms with E-state index in [1.807, 2.05) is 0 Å². The topological polar surface area (TPSA) is 41.1 Å². The standard InChI is InChI=1S/C18H26N2O/c1-13-11-15-9-5-6-10-16(15)17(20-13)12-19-18(21)14-7-3-2-4-8-14/h5-6,9-10,13-14,17,20H,2-4,7-8,11-12H2,1H3,(H,19,21). The van der Waals surface area contributed by atoms with E-state index in [-0.39, 0.29) is 17.9 Å². The summed E-state index contributed by atoms with van der Waals surface area (Å²) in [5, 5.41) is 6.80. The maximum atomic E-state index is 12.3. The van der Waals surface area contributed by atoms with Crippen LogP contribution in [0.4, 0.5) is 0 Å². The van der Waals surface area contributed by atoms with E-state index >= 15 is 0 Å². The normalized spacial score (nSPS) is 26.1. The fourth-order valence-corrected chi connectivity index (χ4v) is 3.76. The molecule has 0 bridgehead atoms. The molecule has 0 aromatic heterocycles. The summed E-state index contributed by atoms with van der Waals surface area (Å²) < 4.78 is 0. The largest absolute Gasteiger partial charge is 0.354 e. The van der Waals surface area contributed by atoms with Crippen molar-refractivity contribution < 1.29 is 4.79 Å². The molecule has 1 aromatic carbocycles. The molecule has 0 spiro atoms. The zero-order valence-corrected chi connectivity index (χ0v) is 12.9. The van der Waals surface area contributed by atoms with Gasteiger partial charge in [0.1, 0.15) is 0 Å². The molecular weight excluding hydrogens is 260 g/mol. The molecule has 1 heterocycles. The Kier molecular flexibility index (Phi) is 4.59. The maximum absolute atomic E-state index is 12.3. The summed E-state index contributed by atoms with van der Waals surface area (Å²) in [6.45, 7) is 2.92. The van der Waals surface area contributed by atoms with Crippen LogP contribution >= 0.6 is 0 Å². The van der Waals surface area contributed by atoms with Gasteiger partial charge >= 0.3 is 0 Å². The summed E-state index contributed by atoms with van der Waals surface area (Å²) in [7, 11) is 0. The third kappa shape index (κ3) is 3.46. The lowest BCUT2D eigenvalue weighted by atomic mass is 9.88. The average molecular weight is 286 g/mol. The monoisotopic (exact) mass is 286 g/mol. The summed E-state index contributed by atoms with van der Waals surface area (Å²) in [5.41, 5.74) is 2.76. The molecule has 1 fully saturated rings. The number of rotatable bonds is 3. The molecule has 3 heteroatoms. The predicted octanol–water partition coefficient (Wildman–Crippen LogP) is 2.96. The fourth-order valence-electron chi connectivity index (χ4n) is 3.76. The van der Waals surface area contributed by atoms with Crippen LogP contribution in [-0.4, -0.2) is 18.5 Å². The molecule has 1 aliphatic carbocycles. The van der Waals surface area contributed by atoms with Gasteiger partial charge in [-0.2, -0.15) is 0 Å². The highest BCUT2D eigenvalue weighted by Gasteiger charge is 2.25. The van der Waals surface area contributed by atoms with Crippen LogP contribution < -0.4 is 10.6 Å². The number of benzene rings is 1. The molecule has 3 nitrogen and oxygen atoms in total. The van der Waals surface area contributed by atoms with Gasteiger partial charge < -0.3 is 10.6 Å². The number of amides is 1.